The summed E-state index contributed by atoms with van der Waals surface area (Å²) in [5, 5.41) is 3.54. The van der Waals surface area contributed by atoms with Crippen molar-refractivity contribution in [2.75, 3.05) is 0 Å². The molecule has 0 aliphatic rings. The molecule has 0 radical (unpaired) electrons. The van der Waals surface area contributed by atoms with E-state index < -0.39 is 11.9 Å². The third-order valence-electron chi connectivity index (χ3n) is 2.65. The fourth-order valence-corrected chi connectivity index (χ4v) is 2.10. The van der Waals surface area contributed by atoms with Crippen molar-refractivity contribution >= 4 is 27.0 Å². The summed E-state index contributed by atoms with van der Waals surface area (Å²) >= 11 is 3.27. The number of alkyl halides is 3. The second-order valence-electron chi connectivity index (χ2n) is 3.99. The van der Waals surface area contributed by atoms with E-state index >= 15 is 0 Å². The Labute approximate surface area is 119 Å². The number of aromatic nitrogens is 4. The number of fused-ring (bicyclic) bond motifs is 1. The van der Waals surface area contributed by atoms with E-state index in [-0.39, 0.29) is 0 Å². The van der Waals surface area contributed by atoms with Crippen molar-refractivity contribution in [1.29, 1.82) is 0 Å². The molecule has 0 saturated heterocycles. The van der Waals surface area contributed by atoms with Gasteiger partial charge < -0.3 is 0 Å². The fourth-order valence-electron chi connectivity index (χ4n) is 1.79. The average molecular weight is 343 g/mol. The van der Waals surface area contributed by atoms with Crippen LogP contribution in [0.25, 0.3) is 16.7 Å². The van der Waals surface area contributed by atoms with E-state index in [0.29, 0.717) is 16.7 Å². The average Bonchev–Trinajstić information content (AvgIpc) is 2.87. The summed E-state index contributed by atoms with van der Waals surface area (Å²) in [4.78, 5) is 8.30. The van der Waals surface area contributed by atoms with E-state index in [0.717, 1.165) is 15.2 Å². The van der Waals surface area contributed by atoms with E-state index in [1.54, 1.807) is 18.3 Å². The molecule has 0 unspecified atom stereocenters. The van der Waals surface area contributed by atoms with Crippen LogP contribution in [0.1, 0.15) is 5.69 Å². The second-order valence-corrected chi connectivity index (χ2v) is 4.91. The van der Waals surface area contributed by atoms with Crippen LogP contribution in [0, 0.1) is 0 Å². The molecule has 3 rings (SSSR count). The molecule has 8 heteroatoms. The van der Waals surface area contributed by atoms with Gasteiger partial charge in [-0.1, -0.05) is 0 Å². The van der Waals surface area contributed by atoms with E-state index in [1.807, 2.05) is 0 Å². The molecular weight excluding hydrogens is 337 g/mol. The van der Waals surface area contributed by atoms with Crippen LogP contribution in [-0.2, 0) is 6.18 Å². The molecule has 0 N–H and O–H groups in total. The lowest BCUT2D eigenvalue weighted by Gasteiger charge is -2.06. The van der Waals surface area contributed by atoms with Gasteiger partial charge in [0, 0.05) is 23.1 Å². The summed E-state index contributed by atoms with van der Waals surface area (Å²) in [7, 11) is 0. The maximum atomic E-state index is 12.6. The monoisotopic (exact) mass is 342 g/mol. The molecule has 4 nitrogen and oxygen atoms in total. The van der Waals surface area contributed by atoms with Crippen LogP contribution in [0.5, 0.6) is 0 Å². The van der Waals surface area contributed by atoms with Gasteiger partial charge in [-0.25, -0.2) is 4.68 Å². The van der Waals surface area contributed by atoms with Crippen LogP contribution in [0.2, 0.25) is 0 Å². The minimum Gasteiger partial charge on any atom is -0.254 e. The first-order valence-electron chi connectivity index (χ1n) is 5.48. The molecule has 3 heterocycles. The number of nitrogens with zero attached hydrogens (tertiary/aromatic N) is 4. The van der Waals surface area contributed by atoms with E-state index in [1.165, 1.54) is 12.4 Å². The molecule has 0 saturated carbocycles. The lowest BCUT2D eigenvalue weighted by Crippen LogP contribution is -2.07. The first-order valence-corrected chi connectivity index (χ1v) is 6.28. The van der Waals surface area contributed by atoms with Gasteiger partial charge in [-0.3, -0.25) is 9.97 Å². The first-order chi connectivity index (χ1) is 9.45. The number of hydrogen-bond acceptors (Lipinski definition) is 3. The highest BCUT2D eigenvalue weighted by Gasteiger charge is 2.33. The van der Waals surface area contributed by atoms with Crippen molar-refractivity contribution in [3.63, 3.8) is 0 Å². The quantitative estimate of drug-likeness (QED) is 0.678. The Morgan fingerprint density at radius 3 is 2.65 bits per heavy atom. The standard InChI is InChI=1S/C12H6BrF3N4/c13-7-5-8-11(18-6-7)9(1-3-17-8)20-4-2-10(19-20)12(14,15)16/h1-6H. The maximum absolute atomic E-state index is 12.6. The number of hydrogen-bond donors (Lipinski definition) is 0. The van der Waals surface area contributed by atoms with E-state index in [9.17, 15) is 13.2 Å². The van der Waals surface area contributed by atoms with Crippen LogP contribution >= 0.6 is 15.9 Å². The Hall–Kier alpha value is -1.96. The largest absolute Gasteiger partial charge is 0.435 e. The summed E-state index contributed by atoms with van der Waals surface area (Å²) in [5.41, 5.74) is 0.547. The Kier molecular flexibility index (Phi) is 2.97. The van der Waals surface area contributed by atoms with Crippen molar-refractivity contribution in [2.24, 2.45) is 0 Å². The van der Waals surface area contributed by atoms with Crippen LogP contribution in [-0.4, -0.2) is 19.7 Å². The van der Waals surface area contributed by atoms with Crippen LogP contribution < -0.4 is 0 Å². The minimum atomic E-state index is -4.47. The van der Waals surface area contributed by atoms with Gasteiger partial charge in [0.1, 0.15) is 5.52 Å². The van der Waals surface area contributed by atoms with Crippen molar-refractivity contribution in [3.8, 4) is 5.69 Å². The maximum Gasteiger partial charge on any atom is 0.435 e. The molecule has 3 aromatic heterocycles. The smallest absolute Gasteiger partial charge is 0.254 e. The van der Waals surface area contributed by atoms with Crippen molar-refractivity contribution in [3.05, 3.63) is 47.0 Å². The first kappa shape index (κ1) is 13.0. The Bertz CT molecular complexity index is 782. The van der Waals surface area contributed by atoms with Gasteiger partial charge in [0.05, 0.1) is 11.2 Å². The zero-order valence-corrected chi connectivity index (χ0v) is 11.4. The number of halogens is 4. The Morgan fingerprint density at radius 2 is 1.95 bits per heavy atom. The highest BCUT2D eigenvalue weighted by molar-refractivity contribution is 9.10. The predicted octanol–water partition coefficient (Wildman–Crippen LogP) is 3.60. The third kappa shape index (κ3) is 2.26. The SMILES string of the molecule is FC(F)(F)c1ccn(-c2ccnc3cc(Br)cnc23)n1. The van der Waals surface area contributed by atoms with Gasteiger partial charge in [0.2, 0.25) is 0 Å². The van der Waals surface area contributed by atoms with Crippen LogP contribution in [0.4, 0.5) is 13.2 Å². The fraction of sp³-hybridized carbons (Fsp3) is 0.0833. The normalized spacial score (nSPS) is 12.0. The molecule has 0 aromatic carbocycles. The third-order valence-corrected chi connectivity index (χ3v) is 3.08. The number of rotatable bonds is 1. The summed E-state index contributed by atoms with van der Waals surface area (Å²) in [6, 6.07) is 4.22. The second kappa shape index (κ2) is 4.55. The van der Waals surface area contributed by atoms with E-state index in [4.69, 9.17) is 0 Å². The predicted molar refractivity (Wildman–Crippen MR) is 69.4 cm³/mol. The summed E-state index contributed by atoms with van der Waals surface area (Å²) in [6.45, 7) is 0. The van der Waals surface area contributed by atoms with Crippen molar-refractivity contribution in [1.82, 2.24) is 19.7 Å². The number of pyridine rings is 2. The van der Waals surface area contributed by atoms with Crippen LogP contribution in [0.3, 0.4) is 0 Å². The highest BCUT2D eigenvalue weighted by atomic mass is 79.9. The zero-order chi connectivity index (χ0) is 14.3. The molecule has 0 amide bonds. The van der Waals surface area contributed by atoms with Gasteiger partial charge in [0.15, 0.2) is 5.69 Å². The Morgan fingerprint density at radius 1 is 1.15 bits per heavy atom. The van der Waals surface area contributed by atoms with Crippen LogP contribution in [0.15, 0.2) is 41.3 Å². The molecule has 102 valence electrons. The lowest BCUT2D eigenvalue weighted by molar-refractivity contribution is -0.141. The van der Waals surface area contributed by atoms with Gasteiger partial charge in [-0.15, -0.1) is 0 Å². The summed E-state index contributed by atoms with van der Waals surface area (Å²) in [5.74, 6) is 0. The topological polar surface area (TPSA) is 43.6 Å². The molecule has 0 bridgehead atoms. The summed E-state index contributed by atoms with van der Waals surface area (Å²) < 4.78 is 39.6. The van der Waals surface area contributed by atoms with Crippen molar-refractivity contribution in [2.45, 2.75) is 6.18 Å². The Balaban J connectivity index is 2.17. The molecule has 20 heavy (non-hydrogen) atoms. The van der Waals surface area contributed by atoms with Gasteiger partial charge in [0.25, 0.3) is 0 Å². The van der Waals surface area contributed by atoms with Crippen molar-refractivity contribution < 1.29 is 13.2 Å². The molecule has 0 spiro atoms. The molecular formula is C12H6BrF3N4. The molecule has 3 aromatic rings. The summed E-state index contributed by atoms with van der Waals surface area (Å²) in [6.07, 6.45) is -0.158. The molecule has 0 fully saturated rings. The van der Waals surface area contributed by atoms with Gasteiger partial charge in [-0.2, -0.15) is 18.3 Å². The molecule has 0 aliphatic heterocycles. The van der Waals surface area contributed by atoms with Gasteiger partial charge in [-0.05, 0) is 34.1 Å². The minimum absolute atomic E-state index is 0.443. The van der Waals surface area contributed by atoms with E-state index in [2.05, 4.69) is 31.0 Å². The molecule has 0 atom stereocenters. The highest BCUT2D eigenvalue weighted by Crippen LogP contribution is 2.28. The molecule has 0 aliphatic carbocycles. The zero-order valence-electron chi connectivity index (χ0n) is 9.76. The lowest BCUT2D eigenvalue weighted by atomic mass is 10.3. The van der Waals surface area contributed by atoms with Gasteiger partial charge >= 0.3 is 6.18 Å².